The molecule has 0 bridgehead atoms. The van der Waals surface area contributed by atoms with E-state index in [9.17, 15) is 0 Å². The lowest BCUT2D eigenvalue weighted by atomic mass is 10.6. The Balaban J connectivity index is 0.00000121. The first-order valence-corrected chi connectivity index (χ1v) is 5.46. The SMILES string of the molecule is CO[Si](CC1CO1)(OC)OC.[SiH4]. The van der Waals surface area contributed by atoms with Crippen molar-refractivity contribution in [3.8, 4) is 0 Å². The van der Waals surface area contributed by atoms with Crippen LogP contribution in [-0.2, 0) is 18.0 Å². The number of hydrogen-bond acceptors (Lipinski definition) is 4. The third-order valence-corrected chi connectivity index (χ3v) is 4.63. The van der Waals surface area contributed by atoms with Crippen LogP contribution in [0.15, 0.2) is 0 Å². The van der Waals surface area contributed by atoms with E-state index in [1.54, 1.807) is 21.3 Å². The van der Waals surface area contributed by atoms with Crippen LogP contribution in [0.1, 0.15) is 0 Å². The van der Waals surface area contributed by atoms with Crippen LogP contribution in [0.25, 0.3) is 0 Å². The monoisotopic (exact) mass is 210 g/mol. The van der Waals surface area contributed by atoms with Crippen LogP contribution in [0.2, 0.25) is 6.04 Å². The van der Waals surface area contributed by atoms with Crippen molar-refractivity contribution in [2.24, 2.45) is 0 Å². The van der Waals surface area contributed by atoms with Crippen LogP contribution in [0.5, 0.6) is 0 Å². The van der Waals surface area contributed by atoms with Gasteiger partial charge in [-0.15, -0.1) is 0 Å². The fourth-order valence-electron chi connectivity index (χ4n) is 0.965. The minimum absolute atomic E-state index is 0. The molecule has 6 heteroatoms. The zero-order valence-electron chi connectivity index (χ0n) is 7.12. The first-order valence-electron chi connectivity index (χ1n) is 3.53. The lowest BCUT2D eigenvalue weighted by Gasteiger charge is -2.23. The smallest absolute Gasteiger partial charge is 0.377 e. The Morgan fingerprint density at radius 2 is 1.67 bits per heavy atom. The average Bonchev–Trinajstić information content (AvgIpc) is 2.84. The summed E-state index contributed by atoms with van der Waals surface area (Å²) in [6.45, 7) is 0.810. The minimum atomic E-state index is -2.34. The molecule has 0 aliphatic carbocycles. The summed E-state index contributed by atoms with van der Waals surface area (Å²) in [7, 11) is 2.50. The van der Waals surface area contributed by atoms with E-state index < -0.39 is 8.80 Å². The first kappa shape index (κ1) is 12.3. The largest absolute Gasteiger partial charge is 0.502 e. The highest BCUT2D eigenvalue weighted by Crippen LogP contribution is 2.23. The molecule has 0 saturated carbocycles. The third-order valence-electron chi connectivity index (χ3n) is 1.81. The molecule has 12 heavy (non-hydrogen) atoms. The van der Waals surface area contributed by atoms with Gasteiger partial charge in [0.25, 0.3) is 0 Å². The van der Waals surface area contributed by atoms with Crippen LogP contribution in [0.4, 0.5) is 0 Å². The summed E-state index contributed by atoms with van der Waals surface area (Å²) in [6, 6.07) is 0.760. The summed E-state index contributed by atoms with van der Waals surface area (Å²) >= 11 is 0. The fraction of sp³-hybridized carbons (Fsp3) is 1.00. The molecule has 0 aromatic rings. The van der Waals surface area contributed by atoms with Gasteiger partial charge in [0.15, 0.2) is 0 Å². The van der Waals surface area contributed by atoms with Gasteiger partial charge in [-0.05, 0) is 11.0 Å². The van der Waals surface area contributed by atoms with Gasteiger partial charge >= 0.3 is 8.80 Å². The second-order valence-corrected chi connectivity index (χ2v) is 5.45. The molecule has 1 aliphatic heterocycles. The fourth-order valence-corrected chi connectivity index (χ4v) is 2.76. The quantitative estimate of drug-likeness (QED) is 0.423. The van der Waals surface area contributed by atoms with Crippen molar-refractivity contribution in [1.29, 1.82) is 0 Å². The Bertz CT molecular complexity index is 116. The maximum atomic E-state index is 5.20. The molecule has 1 unspecified atom stereocenters. The average molecular weight is 210 g/mol. The third kappa shape index (κ3) is 2.96. The van der Waals surface area contributed by atoms with Crippen molar-refractivity contribution < 1.29 is 18.0 Å². The van der Waals surface area contributed by atoms with E-state index in [4.69, 9.17) is 18.0 Å². The molecule has 0 radical (unpaired) electrons. The molecule has 74 valence electrons. The molecule has 1 saturated heterocycles. The second kappa shape index (κ2) is 5.10. The van der Waals surface area contributed by atoms with Gasteiger partial charge < -0.3 is 18.0 Å². The van der Waals surface area contributed by atoms with Gasteiger partial charge in [0, 0.05) is 27.4 Å². The van der Waals surface area contributed by atoms with Crippen LogP contribution in [-0.4, -0.2) is 53.8 Å². The summed E-state index contributed by atoms with van der Waals surface area (Å²) in [5.41, 5.74) is 0. The molecular formula is C6H18O4Si2. The second-order valence-electron chi connectivity index (χ2n) is 2.45. The topological polar surface area (TPSA) is 40.2 Å². The van der Waals surface area contributed by atoms with Crippen molar-refractivity contribution in [1.82, 2.24) is 0 Å². The van der Waals surface area contributed by atoms with Crippen molar-refractivity contribution in [2.45, 2.75) is 12.1 Å². The molecule has 1 fully saturated rings. The lowest BCUT2D eigenvalue weighted by Crippen LogP contribution is -2.43. The zero-order chi connectivity index (χ0) is 8.32. The van der Waals surface area contributed by atoms with E-state index in [1.807, 2.05) is 0 Å². The summed E-state index contributed by atoms with van der Waals surface area (Å²) in [5, 5.41) is 0. The van der Waals surface area contributed by atoms with Crippen molar-refractivity contribution >= 4 is 19.8 Å². The van der Waals surface area contributed by atoms with Gasteiger partial charge in [-0.2, -0.15) is 0 Å². The van der Waals surface area contributed by atoms with Crippen LogP contribution >= 0.6 is 0 Å². The summed E-state index contributed by atoms with van der Waals surface area (Å²) in [4.78, 5) is 0. The summed E-state index contributed by atoms with van der Waals surface area (Å²) < 4.78 is 20.7. The molecule has 1 rings (SSSR count). The van der Waals surface area contributed by atoms with Gasteiger partial charge in [-0.25, -0.2) is 0 Å². The molecule has 0 N–H and O–H groups in total. The predicted octanol–water partition coefficient (Wildman–Crippen LogP) is -1.19. The van der Waals surface area contributed by atoms with E-state index in [-0.39, 0.29) is 11.0 Å². The highest BCUT2D eigenvalue weighted by molar-refractivity contribution is 6.60. The molecule has 0 amide bonds. The Labute approximate surface area is 78.5 Å². The van der Waals surface area contributed by atoms with Crippen molar-refractivity contribution in [2.75, 3.05) is 27.9 Å². The van der Waals surface area contributed by atoms with E-state index in [0.29, 0.717) is 6.10 Å². The number of hydrogen-bond donors (Lipinski definition) is 0. The molecule has 4 nitrogen and oxygen atoms in total. The Morgan fingerprint density at radius 1 is 1.25 bits per heavy atom. The van der Waals surface area contributed by atoms with Gasteiger partial charge in [0.05, 0.1) is 12.7 Å². The molecular weight excluding hydrogens is 192 g/mol. The number of epoxide rings is 1. The van der Waals surface area contributed by atoms with E-state index in [1.165, 1.54) is 0 Å². The highest BCUT2D eigenvalue weighted by atomic mass is 28.4. The first-order chi connectivity index (χ1) is 5.26. The van der Waals surface area contributed by atoms with Crippen LogP contribution in [0, 0.1) is 0 Å². The zero-order valence-corrected chi connectivity index (χ0v) is 8.12. The standard InChI is InChI=1S/C6H14O4Si.H4Si/c1-7-11(8-2,9-3)5-6-4-10-6;/h6H,4-5H2,1-3H3;1H4. The van der Waals surface area contributed by atoms with Gasteiger partial charge in [-0.3, -0.25) is 0 Å². The maximum absolute atomic E-state index is 5.20. The van der Waals surface area contributed by atoms with Gasteiger partial charge in [0.1, 0.15) is 0 Å². The lowest BCUT2D eigenvalue weighted by molar-refractivity contribution is 0.121. The van der Waals surface area contributed by atoms with E-state index in [0.717, 1.165) is 12.7 Å². The molecule has 1 heterocycles. The summed E-state index contributed by atoms with van der Waals surface area (Å²) in [5.74, 6) is 0. The van der Waals surface area contributed by atoms with E-state index in [2.05, 4.69) is 0 Å². The van der Waals surface area contributed by atoms with Crippen LogP contribution in [0.3, 0.4) is 0 Å². The van der Waals surface area contributed by atoms with Gasteiger partial charge in [-0.1, -0.05) is 0 Å². The van der Waals surface area contributed by atoms with E-state index >= 15 is 0 Å². The van der Waals surface area contributed by atoms with Crippen molar-refractivity contribution in [3.63, 3.8) is 0 Å². The van der Waals surface area contributed by atoms with Crippen LogP contribution < -0.4 is 0 Å². The Hall–Kier alpha value is 0.274. The predicted molar refractivity (Wildman–Crippen MR) is 52.7 cm³/mol. The summed E-state index contributed by atoms with van der Waals surface area (Å²) in [6.07, 6.45) is 0.293. The molecule has 0 aromatic heterocycles. The van der Waals surface area contributed by atoms with Gasteiger partial charge in [0.2, 0.25) is 0 Å². The maximum Gasteiger partial charge on any atom is 0.502 e. The minimum Gasteiger partial charge on any atom is -0.377 e. The molecule has 1 aliphatic rings. The highest BCUT2D eigenvalue weighted by Gasteiger charge is 2.44. The Morgan fingerprint density at radius 3 is 1.92 bits per heavy atom. The molecule has 0 spiro atoms. The number of rotatable bonds is 5. The normalized spacial score (nSPS) is 21.8. The molecule has 1 atom stereocenters. The Kier molecular flexibility index (Phi) is 5.22. The van der Waals surface area contributed by atoms with Crippen molar-refractivity contribution in [3.05, 3.63) is 0 Å². The molecule has 0 aromatic carbocycles. The number of ether oxygens (including phenoxy) is 1.